The van der Waals surface area contributed by atoms with Crippen molar-refractivity contribution in [1.29, 1.82) is 0 Å². The highest BCUT2D eigenvalue weighted by molar-refractivity contribution is 5.57. The van der Waals surface area contributed by atoms with Gasteiger partial charge in [0.15, 0.2) is 0 Å². The SMILES string of the molecule is Cc1ccccc1C=C1CCNC1. The lowest BCUT2D eigenvalue weighted by atomic mass is 10.1. The van der Waals surface area contributed by atoms with Gasteiger partial charge in [0.25, 0.3) is 0 Å². The van der Waals surface area contributed by atoms with Crippen LogP contribution in [0.15, 0.2) is 29.8 Å². The third kappa shape index (κ3) is 1.99. The van der Waals surface area contributed by atoms with Crippen LogP contribution < -0.4 is 5.32 Å². The molecule has 1 aliphatic heterocycles. The standard InChI is InChI=1S/C12H15N/c1-10-4-2-3-5-12(10)8-11-6-7-13-9-11/h2-5,8,13H,6-7,9H2,1H3. The van der Waals surface area contributed by atoms with Gasteiger partial charge in [-0.1, -0.05) is 35.9 Å². The molecule has 0 unspecified atom stereocenters. The Morgan fingerprint density at radius 1 is 1.31 bits per heavy atom. The maximum atomic E-state index is 3.34. The average Bonchev–Trinajstić information content (AvgIpc) is 2.61. The van der Waals surface area contributed by atoms with E-state index in [1.807, 2.05) is 0 Å². The highest BCUT2D eigenvalue weighted by Crippen LogP contribution is 2.15. The molecule has 1 heteroatoms. The van der Waals surface area contributed by atoms with Gasteiger partial charge < -0.3 is 5.32 Å². The van der Waals surface area contributed by atoms with Gasteiger partial charge in [-0.05, 0) is 31.0 Å². The van der Waals surface area contributed by atoms with E-state index in [1.54, 1.807) is 0 Å². The average molecular weight is 173 g/mol. The molecule has 0 aliphatic carbocycles. The zero-order valence-electron chi connectivity index (χ0n) is 8.01. The smallest absolute Gasteiger partial charge is 0.0168 e. The van der Waals surface area contributed by atoms with Crippen LogP contribution >= 0.6 is 0 Å². The van der Waals surface area contributed by atoms with Crippen molar-refractivity contribution in [1.82, 2.24) is 5.32 Å². The molecule has 0 amide bonds. The van der Waals surface area contributed by atoms with Gasteiger partial charge in [0.2, 0.25) is 0 Å². The van der Waals surface area contributed by atoms with Crippen molar-refractivity contribution in [3.8, 4) is 0 Å². The van der Waals surface area contributed by atoms with Crippen molar-refractivity contribution < 1.29 is 0 Å². The molecular formula is C12H15N. The van der Waals surface area contributed by atoms with Crippen LogP contribution in [0.2, 0.25) is 0 Å². The molecular weight excluding hydrogens is 158 g/mol. The Morgan fingerprint density at radius 2 is 2.15 bits per heavy atom. The lowest BCUT2D eigenvalue weighted by Crippen LogP contribution is -2.04. The monoisotopic (exact) mass is 173 g/mol. The number of benzene rings is 1. The first-order chi connectivity index (χ1) is 6.36. The zero-order valence-corrected chi connectivity index (χ0v) is 8.01. The Kier molecular flexibility index (Phi) is 2.46. The van der Waals surface area contributed by atoms with Crippen LogP contribution in [0.4, 0.5) is 0 Å². The summed E-state index contributed by atoms with van der Waals surface area (Å²) >= 11 is 0. The van der Waals surface area contributed by atoms with Crippen molar-refractivity contribution in [2.45, 2.75) is 13.3 Å². The van der Waals surface area contributed by atoms with E-state index in [0.29, 0.717) is 0 Å². The number of aryl methyl sites for hydroxylation is 1. The fourth-order valence-corrected chi connectivity index (χ4v) is 1.68. The summed E-state index contributed by atoms with van der Waals surface area (Å²) in [4.78, 5) is 0. The highest BCUT2D eigenvalue weighted by atomic mass is 14.9. The Labute approximate surface area is 79.5 Å². The molecule has 1 saturated heterocycles. The molecule has 1 N–H and O–H groups in total. The topological polar surface area (TPSA) is 12.0 Å². The summed E-state index contributed by atoms with van der Waals surface area (Å²) in [6.45, 7) is 4.36. The summed E-state index contributed by atoms with van der Waals surface area (Å²) in [6, 6.07) is 8.53. The van der Waals surface area contributed by atoms with E-state index in [9.17, 15) is 0 Å². The van der Waals surface area contributed by atoms with Gasteiger partial charge in [-0.2, -0.15) is 0 Å². The van der Waals surface area contributed by atoms with E-state index in [2.05, 4.69) is 42.6 Å². The molecule has 0 atom stereocenters. The third-order valence-electron chi connectivity index (χ3n) is 2.52. The van der Waals surface area contributed by atoms with Gasteiger partial charge in [-0.25, -0.2) is 0 Å². The summed E-state index contributed by atoms with van der Waals surface area (Å²) < 4.78 is 0. The second kappa shape index (κ2) is 3.75. The van der Waals surface area contributed by atoms with Crippen molar-refractivity contribution in [2.24, 2.45) is 0 Å². The maximum absolute atomic E-state index is 3.34. The van der Waals surface area contributed by atoms with Crippen LogP contribution in [-0.2, 0) is 0 Å². The molecule has 1 nitrogen and oxygen atoms in total. The first kappa shape index (κ1) is 8.52. The Hall–Kier alpha value is -1.08. The van der Waals surface area contributed by atoms with Gasteiger partial charge in [0.1, 0.15) is 0 Å². The second-order valence-corrected chi connectivity index (χ2v) is 3.59. The highest BCUT2D eigenvalue weighted by Gasteiger charge is 2.05. The van der Waals surface area contributed by atoms with Crippen LogP contribution in [0.1, 0.15) is 17.5 Å². The molecule has 0 saturated carbocycles. The molecule has 1 fully saturated rings. The quantitative estimate of drug-likeness (QED) is 0.687. The van der Waals surface area contributed by atoms with E-state index in [1.165, 1.54) is 23.1 Å². The molecule has 2 rings (SSSR count). The van der Waals surface area contributed by atoms with Gasteiger partial charge >= 0.3 is 0 Å². The zero-order chi connectivity index (χ0) is 9.10. The van der Waals surface area contributed by atoms with Crippen molar-refractivity contribution >= 4 is 6.08 Å². The van der Waals surface area contributed by atoms with E-state index in [0.717, 1.165) is 13.1 Å². The van der Waals surface area contributed by atoms with Crippen LogP contribution in [0.5, 0.6) is 0 Å². The predicted molar refractivity (Wildman–Crippen MR) is 56.6 cm³/mol. The molecule has 0 spiro atoms. The van der Waals surface area contributed by atoms with Gasteiger partial charge in [-0.15, -0.1) is 0 Å². The summed E-state index contributed by atoms with van der Waals surface area (Å²) in [6.07, 6.45) is 3.52. The maximum Gasteiger partial charge on any atom is 0.0168 e. The molecule has 1 aromatic rings. The largest absolute Gasteiger partial charge is 0.313 e. The Bertz CT molecular complexity index is 318. The lowest BCUT2D eigenvalue weighted by Gasteiger charge is -2.00. The fourth-order valence-electron chi connectivity index (χ4n) is 1.68. The minimum absolute atomic E-state index is 1.06. The molecule has 1 aromatic carbocycles. The first-order valence-corrected chi connectivity index (χ1v) is 4.82. The number of nitrogens with one attached hydrogen (secondary N) is 1. The summed E-state index contributed by atoms with van der Waals surface area (Å²) in [5.74, 6) is 0. The first-order valence-electron chi connectivity index (χ1n) is 4.82. The summed E-state index contributed by atoms with van der Waals surface area (Å²) in [5.41, 5.74) is 4.25. The molecule has 0 bridgehead atoms. The van der Waals surface area contributed by atoms with Gasteiger partial charge in [0, 0.05) is 6.54 Å². The summed E-state index contributed by atoms with van der Waals surface area (Å²) in [5, 5.41) is 3.34. The molecule has 0 radical (unpaired) electrons. The predicted octanol–water partition coefficient (Wildman–Crippen LogP) is 2.37. The van der Waals surface area contributed by atoms with E-state index < -0.39 is 0 Å². The molecule has 1 aliphatic rings. The van der Waals surface area contributed by atoms with E-state index in [4.69, 9.17) is 0 Å². The van der Waals surface area contributed by atoms with Crippen LogP contribution in [0.25, 0.3) is 6.08 Å². The number of hydrogen-bond acceptors (Lipinski definition) is 1. The van der Waals surface area contributed by atoms with Gasteiger partial charge in [-0.3, -0.25) is 0 Å². The van der Waals surface area contributed by atoms with Crippen LogP contribution in [0, 0.1) is 6.92 Å². The van der Waals surface area contributed by atoms with Crippen LogP contribution in [-0.4, -0.2) is 13.1 Å². The fraction of sp³-hybridized carbons (Fsp3) is 0.333. The minimum Gasteiger partial charge on any atom is -0.313 e. The second-order valence-electron chi connectivity index (χ2n) is 3.59. The van der Waals surface area contributed by atoms with E-state index in [-0.39, 0.29) is 0 Å². The minimum atomic E-state index is 1.06. The lowest BCUT2D eigenvalue weighted by molar-refractivity contribution is 0.862. The normalized spacial score (nSPS) is 19.6. The molecule has 13 heavy (non-hydrogen) atoms. The van der Waals surface area contributed by atoms with Crippen molar-refractivity contribution in [2.75, 3.05) is 13.1 Å². The van der Waals surface area contributed by atoms with Crippen molar-refractivity contribution in [3.63, 3.8) is 0 Å². The van der Waals surface area contributed by atoms with Crippen molar-refractivity contribution in [3.05, 3.63) is 41.0 Å². The number of hydrogen-bond donors (Lipinski definition) is 1. The summed E-state index contributed by atoms with van der Waals surface area (Å²) in [7, 11) is 0. The Balaban J connectivity index is 2.25. The Morgan fingerprint density at radius 3 is 2.85 bits per heavy atom. The van der Waals surface area contributed by atoms with Crippen LogP contribution in [0.3, 0.4) is 0 Å². The molecule has 0 aromatic heterocycles. The van der Waals surface area contributed by atoms with Gasteiger partial charge in [0.05, 0.1) is 0 Å². The molecule has 1 heterocycles. The number of rotatable bonds is 1. The molecule has 68 valence electrons. The van der Waals surface area contributed by atoms with E-state index >= 15 is 0 Å². The third-order valence-corrected chi connectivity index (χ3v) is 2.52.